The average Bonchev–Trinajstić information content (AvgIpc) is 2.22. The number of nitrogens with two attached hydrogens (primary N) is 2. The molecule has 2 unspecified atom stereocenters. The SMILES string of the molecule is CC(SSC(C)C(=O)NN)C(=O)NN. The van der Waals surface area contributed by atoms with Gasteiger partial charge in [-0.2, -0.15) is 0 Å². The molecule has 0 radical (unpaired) electrons. The van der Waals surface area contributed by atoms with Crippen LogP contribution in [0.15, 0.2) is 0 Å². The second-order valence-electron chi connectivity index (χ2n) is 2.49. The highest BCUT2D eigenvalue weighted by atomic mass is 33.1. The zero-order chi connectivity index (χ0) is 11.1. The fourth-order valence-electron chi connectivity index (χ4n) is 0.489. The van der Waals surface area contributed by atoms with Gasteiger partial charge in [-0.05, 0) is 13.8 Å². The van der Waals surface area contributed by atoms with Gasteiger partial charge in [0.1, 0.15) is 0 Å². The van der Waals surface area contributed by atoms with E-state index in [2.05, 4.69) is 0 Å². The predicted molar refractivity (Wildman–Crippen MR) is 58.8 cm³/mol. The maximum atomic E-state index is 11.0. The molecular weight excluding hydrogens is 224 g/mol. The summed E-state index contributed by atoms with van der Waals surface area (Å²) in [6.07, 6.45) is 0. The molecule has 0 rings (SSSR count). The van der Waals surface area contributed by atoms with E-state index in [1.165, 1.54) is 21.6 Å². The molecule has 14 heavy (non-hydrogen) atoms. The van der Waals surface area contributed by atoms with Crippen molar-refractivity contribution in [3.63, 3.8) is 0 Å². The van der Waals surface area contributed by atoms with Crippen molar-refractivity contribution < 1.29 is 9.59 Å². The summed E-state index contributed by atoms with van der Waals surface area (Å²) in [5.41, 5.74) is 4.07. The highest BCUT2D eigenvalue weighted by molar-refractivity contribution is 8.77. The van der Waals surface area contributed by atoms with E-state index >= 15 is 0 Å². The molecule has 0 bridgehead atoms. The molecule has 8 heteroatoms. The van der Waals surface area contributed by atoms with E-state index in [0.717, 1.165) is 0 Å². The molecule has 2 atom stereocenters. The van der Waals surface area contributed by atoms with Crippen molar-refractivity contribution in [3.8, 4) is 0 Å². The number of carbonyl (C=O) groups is 2. The van der Waals surface area contributed by atoms with Gasteiger partial charge < -0.3 is 0 Å². The number of hydrogen-bond donors (Lipinski definition) is 4. The van der Waals surface area contributed by atoms with Crippen LogP contribution < -0.4 is 22.5 Å². The van der Waals surface area contributed by atoms with E-state index in [9.17, 15) is 9.59 Å². The van der Waals surface area contributed by atoms with Gasteiger partial charge in [0.2, 0.25) is 11.8 Å². The third kappa shape index (κ3) is 4.70. The Kier molecular flexibility index (Phi) is 6.71. The fourth-order valence-corrected chi connectivity index (χ4v) is 2.66. The molecule has 0 saturated heterocycles. The molecule has 0 aliphatic carbocycles. The van der Waals surface area contributed by atoms with Gasteiger partial charge in [-0.15, -0.1) is 0 Å². The first kappa shape index (κ1) is 13.6. The summed E-state index contributed by atoms with van der Waals surface area (Å²) in [7, 11) is 2.54. The van der Waals surface area contributed by atoms with Gasteiger partial charge in [-0.3, -0.25) is 20.4 Å². The number of amides is 2. The van der Waals surface area contributed by atoms with Crippen LogP contribution in [0.4, 0.5) is 0 Å². The number of rotatable bonds is 5. The zero-order valence-electron chi connectivity index (χ0n) is 7.94. The minimum Gasteiger partial charge on any atom is -0.293 e. The van der Waals surface area contributed by atoms with Crippen LogP contribution in [0.25, 0.3) is 0 Å². The lowest BCUT2D eigenvalue weighted by atomic mass is 10.5. The lowest BCUT2D eigenvalue weighted by Crippen LogP contribution is -2.37. The maximum Gasteiger partial charge on any atom is 0.247 e. The maximum absolute atomic E-state index is 11.0. The average molecular weight is 238 g/mol. The molecule has 0 aliphatic rings. The summed E-state index contributed by atoms with van der Waals surface area (Å²) in [6, 6.07) is 0. The third-order valence-electron chi connectivity index (χ3n) is 1.37. The molecule has 0 heterocycles. The van der Waals surface area contributed by atoms with Gasteiger partial charge in [-0.25, -0.2) is 11.7 Å². The quantitative estimate of drug-likeness (QED) is 0.214. The first-order chi connectivity index (χ1) is 6.52. The van der Waals surface area contributed by atoms with Crippen molar-refractivity contribution in [3.05, 3.63) is 0 Å². The summed E-state index contributed by atoms with van der Waals surface area (Å²) in [6.45, 7) is 3.40. The molecule has 82 valence electrons. The zero-order valence-corrected chi connectivity index (χ0v) is 9.58. The first-order valence-electron chi connectivity index (χ1n) is 3.86. The summed E-state index contributed by atoms with van der Waals surface area (Å²) in [5, 5.41) is -0.615. The van der Waals surface area contributed by atoms with Gasteiger partial charge in [0.05, 0.1) is 10.5 Å². The molecule has 2 amide bonds. The van der Waals surface area contributed by atoms with Crippen LogP contribution >= 0.6 is 21.6 Å². The molecule has 0 aromatic heterocycles. The first-order valence-corrected chi connectivity index (χ1v) is 6.13. The smallest absolute Gasteiger partial charge is 0.247 e. The topological polar surface area (TPSA) is 110 Å². The Morgan fingerprint density at radius 3 is 1.50 bits per heavy atom. The van der Waals surface area contributed by atoms with Crippen molar-refractivity contribution in [2.45, 2.75) is 24.3 Å². The normalized spacial score (nSPS) is 14.3. The Morgan fingerprint density at radius 1 is 1.00 bits per heavy atom. The Balaban J connectivity index is 3.82. The number of carbonyl (C=O) groups excluding carboxylic acids is 2. The molecule has 0 saturated carbocycles. The summed E-state index contributed by atoms with van der Waals surface area (Å²) in [4.78, 5) is 21.9. The van der Waals surface area contributed by atoms with Crippen LogP contribution in [0.3, 0.4) is 0 Å². The Labute approximate surface area is 90.3 Å². The van der Waals surface area contributed by atoms with Crippen molar-refractivity contribution in [1.29, 1.82) is 0 Å². The Bertz CT molecular complexity index is 192. The Hall–Kier alpha value is -0.440. The second-order valence-corrected chi connectivity index (χ2v) is 5.45. The van der Waals surface area contributed by atoms with Crippen LogP contribution in [0.1, 0.15) is 13.8 Å². The predicted octanol–water partition coefficient (Wildman–Crippen LogP) is -0.875. The molecule has 0 fully saturated rings. The minimum absolute atomic E-state index is 0.275. The van der Waals surface area contributed by atoms with E-state index in [1.807, 2.05) is 10.9 Å². The largest absolute Gasteiger partial charge is 0.293 e. The minimum atomic E-state index is -0.307. The number of hydrogen-bond acceptors (Lipinski definition) is 6. The number of nitrogens with one attached hydrogen (secondary N) is 2. The van der Waals surface area contributed by atoms with Crippen LogP contribution in [-0.4, -0.2) is 22.3 Å². The summed E-state index contributed by atoms with van der Waals surface area (Å²) in [5.74, 6) is 9.34. The van der Waals surface area contributed by atoms with Crippen molar-refractivity contribution in [2.75, 3.05) is 0 Å². The fraction of sp³-hybridized carbons (Fsp3) is 0.667. The highest BCUT2D eigenvalue weighted by Crippen LogP contribution is 2.30. The molecule has 6 nitrogen and oxygen atoms in total. The van der Waals surface area contributed by atoms with E-state index < -0.39 is 0 Å². The van der Waals surface area contributed by atoms with Crippen molar-refractivity contribution in [1.82, 2.24) is 10.9 Å². The van der Waals surface area contributed by atoms with E-state index in [0.29, 0.717) is 0 Å². The standard InChI is InChI=1S/C6H14N4O2S2/c1-3(5(11)9-7)13-14-4(2)6(12)10-8/h3-4H,7-8H2,1-2H3,(H,9,11)(H,10,12). The molecule has 6 N–H and O–H groups in total. The van der Waals surface area contributed by atoms with Gasteiger partial charge in [0, 0.05) is 0 Å². The van der Waals surface area contributed by atoms with Crippen molar-refractivity contribution in [2.24, 2.45) is 11.7 Å². The van der Waals surface area contributed by atoms with E-state index in [1.54, 1.807) is 13.8 Å². The van der Waals surface area contributed by atoms with Crippen molar-refractivity contribution >= 4 is 33.4 Å². The van der Waals surface area contributed by atoms with Crippen LogP contribution in [0.2, 0.25) is 0 Å². The monoisotopic (exact) mass is 238 g/mol. The molecule has 0 aliphatic heterocycles. The van der Waals surface area contributed by atoms with Crippen LogP contribution in [-0.2, 0) is 9.59 Å². The van der Waals surface area contributed by atoms with Gasteiger partial charge in [0.25, 0.3) is 0 Å². The van der Waals surface area contributed by atoms with Crippen LogP contribution in [0.5, 0.6) is 0 Å². The molecule has 0 aromatic rings. The summed E-state index contributed by atoms with van der Waals surface area (Å²) >= 11 is 0. The van der Waals surface area contributed by atoms with E-state index in [4.69, 9.17) is 11.7 Å². The second kappa shape index (κ2) is 6.93. The van der Waals surface area contributed by atoms with Crippen LogP contribution in [0, 0.1) is 0 Å². The lowest BCUT2D eigenvalue weighted by Gasteiger charge is -2.11. The summed E-state index contributed by atoms with van der Waals surface area (Å²) < 4.78 is 0. The third-order valence-corrected chi connectivity index (χ3v) is 4.55. The highest BCUT2D eigenvalue weighted by Gasteiger charge is 2.17. The van der Waals surface area contributed by atoms with Gasteiger partial charge in [-0.1, -0.05) is 21.6 Å². The molecular formula is C6H14N4O2S2. The Morgan fingerprint density at radius 2 is 1.29 bits per heavy atom. The van der Waals surface area contributed by atoms with Gasteiger partial charge in [0.15, 0.2) is 0 Å². The molecule has 0 aromatic carbocycles. The molecule has 0 spiro atoms. The number of hydrazine groups is 2. The van der Waals surface area contributed by atoms with Gasteiger partial charge >= 0.3 is 0 Å². The van der Waals surface area contributed by atoms with E-state index in [-0.39, 0.29) is 22.3 Å². The lowest BCUT2D eigenvalue weighted by molar-refractivity contribution is -0.121.